The van der Waals surface area contributed by atoms with Crippen molar-refractivity contribution in [2.45, 2.75) is 72.1 Å². The van der Waals surface area contributed by atoms with Gasteiger partial charge in [-0.05, 0) is 86.8 Å². The van der Waals surface area contributed by atoms with Gasteiger partial charge < -0.3 is 0 Å². The number of carbonyl (C=O) groups is 2. The molecule has 0 heterocycles. The summed E-state index contributed by atoms with van der Waals surface area (Å²) in [4.78, 5) is 25.5. The Labute approximate surface area is 180 Å². The van der Waals surface area contributed by atoms with E-state index < -0.39 is 0 Å². The van der Waals surface area contributed by atoms with E-state index in [1.807, 2.05) is 6.08 Å². The van der Waals surface area contributed by atoms with Crippen molar-refractivity contribution >= 4 is 11.6 Å². The van der Waals surface area contributed by atoms with Gasteiger partial charge in [-0.15, -0.1) is 0 Å². The van der Waals surface area contributed by atoms with Gasteiger partial charge in [-0.3, -0.25) is 9.59 Å². The van der Waals surface area contributed by atoms with E-state index in [4.69, 9.17) is 0 Å². The summed E-state index contributed by atoms with van der Waals surface area (Å²) >= 11 is 0. The minimum atomic E-state index is -0.0821. The number of aryl methyl sites for hydroxylation is 2. The number of rotatable bonds is 3. The maximum Gasteiger partial charge on any atom is 0.181 e. The van der Waals surface area contributed by atoms with Gasteiger partial charge in [0.1, 0.15) is 5.78 Å². The Morgan fingerprint density at radius 3 is 2.47 bits per heavy atom. The molecule has 4 aliphatic carbocycles. The topological polar surface area (TPSA) is 34.1 Å². The van der Waals surface area contributed by atoms with E-state index in [1.165, 1.54) is 16.7 Å². The molecule has 0 N–H and O–H groups in total. The lowest BCUT2D eigenvalue weighted by atomic mass is 9.48. The van der Waals surface area contributed by atoms with Crippen LogP contribution in [0.3, 0.4) is 0 Å². The molecule has 1 aromatic rings. The van der Waals surface area contributed by atoms with Crippen LogP contribution in [0.2, 0.25) is 0 Å². The normalized spacial score (nSPS) is 37.8. The average Bonchev–Trinajstić information content (AvgIpc) is 3.03. The molecule has 0 aromatic heterocycles. The van der Waals surface area contributed by atoms with Gasteiger partial charge >= 0.3 is 0 Å². The van der Waals surface area contributed by atoms with Crippen molar-refractivity contribution in [3.05, 3.63) is 58.7 Å². The molecule has 4 aliphatic rings. The van der Waals surface area contributed by atoms with Crippen LogP contribution < -0.4 is 0 Å². The second kappa shape index (κ2) is 7.04. The summed E-state index contributed by atoms with van der Waals surface area (Å²) in [5.74, 6) is 2.48. The Kier molecular flexibility index (Phi) is 4.69. The van der Waals surface area contributed by atoms with Gasteiger partial charge in [-0.1, -0.05) is 55.3 Å². The summed E-state index contributed by atoms with van der Waals surface area (Å²) in [6.45, 7) is 6.73. The summed E-state index contributed by atoms with van der Waals surface area (Å²) < 4.78 is 0. The zero-order chi connectivity index (χ0) is 21.1. The number of fused-ring (bicyclic) bond motifs is 5. The quantitative estimate of drug-likeness (QED) is 0.605. The number of Topliss-reactive ketones (excluding diaryl/α,β-unsaturated/α-hetero) is 1. The van der Waals surface area contributed by atoms with E-state index in [2.05, 4.69) is 51.1 Å². The SMILES string of the molecule is Cc1ccc(CCC2=C[C@@]3(C)C(=CC2=O)CC[C@@H]2[C@@H]3CC[C@]3(C)C(=O)CC[C@@H]23)cc1. The Balaban J connectivity index is 1.41. The first-order valence-corrected chi connectivity index (χ1v) is 11.9. The van der Waals surface area contributed by atoms with Crippen LogP contribution in [0.1, 0.15) is 69.9 Å². The number of hydrogen-bond donors (Lipinski definition) is 0. The van der Waals surface area contributed by atoms with Crippen LogP contribution in [0.25, 0.3) is 0 Å². The predicted octanol–water partition coefficient (Wildman–Crippen LogP) is 6.17. The zero-order valence-corrected chi connectivity index (χ0v) is 18.7. The van der Waals surface area contributed by atoms with Crippen molar-refractivity contribution in [2.75, 3.05) is 0 Å². The summed E-state index contributed by atoms with van der Waals surface area (Å²) in [6.07, 6.45) is 12.2. The second-order valence-electron chi connectivity index (χ2n) is 10.8. The molecule has 0 saturated heterocycles. The van der Waals surface area contributed by atoms with E-state index in [-0.39, 0.29) is 16.6 Å². The molecule has 5 rings (SSSR count). The summed E-state index contributed by atoms with van der Waals surface area (Å²) in [7, 11) is 0. The van der Waals surface area contributed by atoms with Crippen LogP contribution >= 0.6 is 0 Å². The molecule has 5 atom stereocenters. The maximum atomic E-state index is 12.9. The lowest BCUT2D eigenvalue weighted by molar-refractivity contribution is -0.131. The Morgan fingerprint density at radius 1 is 0.933 bits per heavy atom. The lowest BCUT2D eigenvalue weighted by Gasteiger charge is -2.55. The average molecular weight is 403 g/mol. The van der Waals surface area contributed by atoms with E-state index in [9.17, 15) is 9.59 Å². The first-order chi connectivity index (χ1) is 14.3. The summed E-state index contributed by atoms with van der Waals surface area (Å²) in [5, 5.41) is 0. The Morgan fingerprint density at radius 2 is 1.70 bits per heavy atom. The maximum absolute atomic E-state index is 12.9. The smallest absolute Gasteiger partial charge is 0.181 e. The molecule has 1 aromatic carbocycles. The first kappa shape index (κ1) is 20.0. The fraction of sp³-hybridized carbons (Fsp3) is 0.571. The van der Waals surface area contributed by atoms with Crippen molar-refractivity contribution in [3.63, 3.8) is 0 Å². The predicted molar refractivity (Wildman–Crippen MR) is 120 cm³/mol. The van der Waals surface area contributed by atoms with Crippen molar-refractivity contribution in [3.8, 4) is 0 Å². The molecule has 0 aliphatic heterocycles. The molecule has 2 nitrogen and oxygen atoms in total. The molecular formula is C28H34O2. The van der Waals surface area contributed by atoms with Crippen molar-refractivity contribution in [1.82, 2.24) is 0 Å². The molecule has 30 heavy (non-hydrogen) atoms. The highest BCUT2D eigenvalue weighted by atomic mass is 16.1. The van der Waals surface area contributed by atoms with Crippen molar-refractivity contribution < 1.29 is 9.59 Å². The third kappa shape index (κ3) is 2.98. The highest BCUT2D eigenvalue weighted by Gasteiger charge is 2.58. The molecule has 0 unspecified atom stereocenters. The molecule has 158 valence electrons. The fourth-order valence-electron chi connectivity index (χ4n) is 7.38. The monoisotopic (exact) mass is 402 g/mol. The highest BCUT2D eigenvalue weighted by molar-refractivity contribution is 6.05. The number of allylic oxidation sites excluding steroid dienone is 4. The van der Waals surface area contributed by atoms with Crippen LogP contribution in [0.15, 0.2) is 47.6 Å². The third-order valence-corrected chi connectivity index (χ3v) is 9.25. The Hall–Kier alpha value is -1.96. The minimum Gasteiger partial charge on any atom is -0.299 e. The minimum absolute atomic E-state index is 0.00754. The fourth-order valence-corrected chi connectivity index (χ4v) is 7.38. The molecule has 3 fully saturated rings. The number of benzene rings is 1. The zero-order valence-electron chi connectivity index (χ0n) is 18.7. The van der Waals surface area contributed by atoms with Crippen LogP contribution in [0, 0.1) is 35.5 Å². The van der Waals surface area contributed by atoms with Gasteiger partial charge in [-0.2, -0.15) is 0 Å². The Bertz CT molecular complexity index is 949. The lowest BCUT2D eigenvalue weighted by Crippen LogP contribution is -2.50. The number of ketones is 2. The van der Waals surface area contributed by atoms with Gasteiger partial charge in [0.2, 0.25) is 0 Å². The van der Waals surface area contributed by atoms with Gasteiger partial charge in [0.25, 0.3) is 0 Å². The number of hydrogen-bond acceptors (Lipinski definition) is 2. The largest absolute Gasteiger partial charge is 0.299 e. The van der Waals surface area contributed by atoms with E-state index in [0.717, 1.165) is 56.9 Å². The van der Waals surface area contributed by atoms with Crippen LogP contribution in [-0.2, 0) is 16.0 Å². The third-order valence-electron chi connectivity index (χ3n) is 9.25. The molecule has 0 bridgehead atoms. The van der Waals surface area contributed by atoms with Gasteiger partial charge in [0.05, 0.1) is 0 Å². The molecule has 2 heteroatoms. The van der Waals surface area contributed by atoms with Crippen LogP contribution in [0.4, 0.5) is 0 Å². The van der Waals surface area contributed by atoms with E-state index >= 15 is 0 Å². The van der Waals surface area contributed by atoms with E-state index in [0.29, 0.717) is 23.5 Å². The molecule has 0 spiro atoms. The molecule has 0 amide bonds. The summed E-state index contributed by atoms with van der Waals surface area (Å²) in [5.41, 5.74) is 4.83. The molecular weight excluding hydrogens is 368 g/mol. The molecule has 0 radical (unpaired) electrons. The van der Waals surface area contributed by atoms with Crippen molar-refractivity contribution in [2.24, 2.45) is 28.6 Å². The van der Waals surface area contributed by atoms with Crippen LogP contribution in [-0.4, -0.2) is 11.6 Å². The standard InChI is InChI=1S/C28H34O2/c1-18-4-6-19(7-5-18)8-9-20-17-28(3)21(16-25(20)29)10-11-22-23-12-13-26(30)27(23,2)15-14-24(22)28/h4-7,16-17,22-24H,8-15H2,1-3H3/t22-,23-,24-,27-,28-/m0/s1. The van der Waals surface area contributed by atoms with E-state index in [1.54, 1.807) is 0 Å². The van der Waals surface area contributed by atoms with Gasteiger partial charge in [0, 0.05) is 17.3 Å². The second-order valence-corrected chi connectivity index (χ2v) is 10.8. The highest BCUT2D eigenvalue weighted by Crippen LogP contribution is 2.63. The van der Waals surface area contributed by atoms with Gasteiger partial charge in [0.15, 0.2) is 5.78 Å². The first-order valence-electron chi connectivity index (χ1n) is 11.9. The van der Waals surface area contributed by atoms with Gasteiger partial charge in [-0.25, -0.2) is 0 Å². The molecule has 3 saturated carbocycles. The number of carbonyl (C=O) groups excluding carboxylic acids is 2. The van der Waals surface area contributed by atoms with Crippen molar-refractivity contribution in [1.29, 1.82) is 0 Å². The van der Waals surface area contributed by atoms with Crippen LogP contribution in [0.5, 0.6) is 0 Å². The summed E-state index contributed by atoms with van der Waals surface area (Å²) in [6, 6.07) is 8.67.